The molecule has 4 heteroatoms. The van der Waals surface area contributed by atoms with Crippen LogP contribution in [0.5, 0.6) is 0 Å². The highest BCUT2D eigenvalue weighted by Crippen LogP contribution is 2.28. The van der Waals surface area contributed by atoms with Crippen LogP contribution in [0.15, 0.2) is 48.5 Å². The Balaban J connectivity index is 1.66. The molecule has 0 atom stereocenters. The van der Waals surface area contributed by atoms with Gasteiger partial charge in [0, 0.05) is 45.3 Å². The topological polar surface area (TPSA) is 49.6 Å². The molecule has 0 aromatic heterocycles. The summed E-state index contributed by atoms with van der Waals surface area (Å²) in [7, 11) is 1.86. The predicted octanol–water partition coefficient (Wildman–Crippen LogP) is 2.60. The van der Waals surface area contributed by atoms with Crippen LogP contribution in [0.2, 0.25) is 0 Å². The minimum atomic E-state index is 0.202. The summed E-state index contributed by atoms with van der Waals surface area (Å²) in [5.41, 5.74) is 10.8. The van der Waals surface area contributed by atoms with E-state index >= 15 is 0 Å². The zero-order valence-electron chi connectivity index (χ0n) is 14.9. The van der Waals surface area contributed by atoms with Crippen LogP contribution in [0.1, 0.15) is 23.1 Å². The smallest absolute Gasteiger partial charge is 0.227 e. The third-order valence-corrected chi connectivity index (χ3v) is 4.90. The van der Waals surface area contributed by atoms with Gasteiger partial charge in [0.15, 0.2) is 0 Å². The van der Waals surface area contributed by atoms with E-state index in [9.17, 15) is 4.79 Å². The number of carbonyl (C=O) groups is 1. The van der Waals surface area contributed by atoms with Crippen LogP contribution in [0.4, 0.5) is 5.69 Å². The fraction of sp³-hybridized carbons (Fsp3) is 0.381. The van der Waals surface area contributed by atoms with Crippen molar-refractivity contribution in [3.63, 3.8) is 0 Å². The van der Waals surface area contributed by atoms with Crippen molar-refractivity contribution in [1.82, 2.24) is 4.90 Å². The van der Waals surface area contributed by atoms with Crippen LogP contribution in [0.25, 0.3) is 0 Å². The second-order valence-electron chi connectivity index (χ2n) is 6.72. The van der Waals surface area contributed by atoms with Crippen LogP contribution < -0.4 is 10.6 Å². The molecule has 0 fully saturated rings. The van der Waals surface area contributed by atoms with Crippen LogP contribution in [-0.2, 0) is 24.2 Å². The summed E-state index contributed by atoms with van der Waals surface area (Å²) in [5, 5.41) is 0. The van der Waals surface area contributed by atoms with Crippen molar-refractivity contribution in [2.24, 2.45) is 5.73 Å². The lowest BCUT2D eigenvalue weighted by atomic mass is 9.99. The van der Waals surface area contributed by atoms with Gasteiger partial charge in [-0.1, -0.05) is 42.5 Å². The molecule has 4 nitrogen and oxygen atoms in total. The first-order valence-electron chi connectivity index (χ1n) is 9.02. The summed E-state index contributed by atoms with van der Waals surface area (Å²) in [6, 6.07) is 17.0. The standard InChI is InChI=1S/C21H27N3O/c1-23-20-9-7-18(15-19(20)8-10-21(23)25)16-24(14-12-22)13-11-17-5-3-2-4-6-17/h2-7,9,15H,8,10-14,16,22H2,1H3. The number of nitrogens with zero attached hydrogens (tertiary/aromatic N) is 2. The molecule has 1 aliphatic rings. The Hall–Kier alpha value is -2.17. The van der Waals surface area contributed by atoms with Gasteiger partial charge in [-0.15, -0.1) is 0 Å². The first-order chi connectivity index (χ1) is 12.2. The molecule has 2 aromatic carbocycles. The van der Waals surface area contributed by atoms with Crippen molar-refractivity contribution in [3.05, 3.63) is 65.2 Å². The fourth-order valence-electron chi connectivity index (χ4n) is 3.45. The highest BCUT2D eigenvalue weighted by Gasteiger charge is 2.21. The molecule has 0 bridgehead atoms. The predicted molar refractivity (Wildman–Crippen MR) is 103 cm³/mol. The van der Waals surface area contributed by atoms with Crippen molar-refractivity contribution in [2.45, 2.75) is 25.8 Å². The Morgan fingerprint density at radius 1 is 1.04 bits per heavy atom. The second kappa shape index (κ2) is 8.28. The molecule has 1 amide bonds. The molecule has 0 saturated heterocycles. The lowest BCUT2D eigenvalue weighted by Gasteiger charge is -2.27. The Kier molecular flexibility index (Phi) is 5.84. The van der Waals surface area contributed by atoms with E-state index in [0.717, 1.165) is 38.2 Å². The number of hydrogen-bond acceptors (Lipinski definition) is 3. The van der Waals surface area contributed by atoms with Crippen molar-refractivity contribution in [3.8, 4) is 0 Å². The van der Waals surface area contributed by atoms with E-state index in [1.165, 1.54) is 16.7 Å². The molecule has 1 aliphatic heterocycles. The monoisotopic (exact) mass is 337 g/mol. The second-order valence-corrected chi connectivity index (χ2v) is 6.72. The number of carbonyl (C=O) groups excluding carboxylic acids is 1. The third-order valence-electron chi connectivity index (χ3n) is 4.90. The van der Waals surface area contributed by atoms with Crippen molar-refractivity contribution in [2.75, 3.05) is 31.6 Å². The molecule has 0 radical (unpaired) electrons. The van der Waals surface area contributed by atoms with Gasteiger partial charge < -0.3 is 10.6 Å². The average Bonchev–Trinajstić information content (AvgIpc) is 2.64. The van der Waals surface area contributed by atoms with Crippen LogP contribution in [0, 0.1) is 0 Å². The molecule has 0 unspecified atom stereocenters. The number of aryl methyl sites for hydroxylation is 1. The summed E-state index contributed by atoms with van der Waals surface area (Å²) < 4.78 is 0. The van der Waals surface area contributed by atoms with Gasteiger partial charge in [-0.05, 0) is 35.6 Å². The summed E-state index contributed by atoms with van der Waals surface area (Å²) in [4.78, 5) is 16.0. The Labute approximate surface area is 150 Å². The first-order valence-corrected chi connectivity index (χ1v) is 9.02. The maximum absolute atomic E-state index is 11.8. The Morgan fingerprint density at radius 2 is 1.84 bits per heavy atom. The lowest BCUT2D eigenvalue weighted by Crippen LogP contribution is -2.32. The number of anilines is 1. The normalized spacial score (nSPS) is 14.0. The molecule has 0 aliphatic carbocycles. The fourth-order valence-corrected chi connectivity index (χ4v) is 3.45. The van der Waals surface area contributed by atoms with E-state index in [1.54, 1.807) is 4.90 Å². The molecule has 2 N–H and O–H groups in total. The lowest BCUT2D eigenvalue weighted by molar-refractivity contribution is -0.118. The summed E-state index contributed by atoms with van der Waals surface area (Å²) >= 11 is 0. The van der Waals surface area contributed by atoms with E-state index in [-0.39, 0.29) is 5.91 Å². The summed E-state index contributed by atoms with van der Waals surface area (Å²) in [6.45, 7) is 3.45. The van der Waals surface area contributed by atoms with Gasteiger partial charge in [-0.25, -0.2) is 0 Å². The minimum Gasteiger partial charge on any atom is -0.329 e. The highest BCUT2D eigenvalue weighted by molar-refractivity contribution is 5.95. The van der Waals surface area contributed by atoms with Crippen molar-refractivity contribution in [1.29, 1.82) is 0 Å². The Morgan fingerprint density at radius 3 is 2.60 bits per heavy atom. The molecule has 0 spiro atoms. The van der Waals surface area contributed by atoms with Gasteiger partial charge >= 0.3 is 0 Å². The SMILES string of the molecule is CN1C(=O)CCc2cc(CN(CCN)CCc3ccccc3)ccc21. The minimum absolute atomic E-state index is 0.202. The number of nitrogens with two attached hydrogens (primary N) is 1. The van der Waals surface area contributed by atoms with E-state index < -0.39 is 0 Å². The maximum Gasteiger partial charge on any atom is 0.227 e. The van der Waals surface area contributed by atoms with Gasteiger partial charge in [-0.3, -0.25) is 9.69 Å². The van der Waals surface area contributed by atoms with Crippen molar-refractivity contribution < 1.29 is 4.79 Å². The molecular formula is C21H27N3O. The third kappa shape index (κ3) is 4.47. The molecule has 2 aromatic rings. The van der Waals surface area contributed by atoms with E-state index in [1.807, 2.05) is 7.05 Å². The van der Waals surface area contributed by atoms with Gasteiger partial charge in [0.05, 0.1) is 0 Å². The molecule has 0 saturated carbocycles. The number of fused-ring (bicyclic) bond motifs is 1. The Bertz CT molecular complexity index is 714. The molecular weight excluding hydrogens is 310 g/mol. The van der Waals surface area contributed by atoms with Gasteiger partial charge in [0.25, 0.3) is 0 Å². The number of benzene rings is 2. The van der Waals surface area contributed by atoms with Gasteiger partial charge in [-0.2, -0.15) is 0 Å². The molecule has 132 valence electrons. The number of hydrogen-bond donors (Lipinski definition) is 1. The molecule has 3 rings (SSSR count). The summed E-state index contributed by atoms with van der Waals surface area (Å²) in [6.07, 6.45) is 2.48. The van der Waals surface area contributed by atoms with E-state index in [4.69, 9.17) is 5.73 Å². The quantitative estimate of drug-likeness (QED) is 0.845. The molecule has 25 heavy (non-hydrogen) atoms. The van der Waals surface area contributed by atoms with Crippen LogP contribution in [-0.4, -0.2) is 37.5 Å². The number of rotatable bonds is 7. The highest BCUT2D eigenvalue weighted by atomic mass is 16.2. The molecule has 1 heterocycles. The maximum atomic E-state index is 11.8. The zero-order valence-corrected chi connectivity index (χ0v) is 14.9. The largest absolute Gasteiger partial charge is 0.329 e. The summed E-state index contributed by atoms with van der Waals surface area (Å²) in [5.74, 6) is 0.202. The first kappa shape index (κ1) is 17.6. The van der Waals surface area contributed by atoms with Crippen LogP contribution >= 0.6 is 0 Å². The van der Waals surface area contributed by atoms with Crippen molar-refractivity contribution >= 4 is 11.6 Å². The van der Waals surface area contributed by atoms with Crippen LogP contribution in [0.3, 0.4) is 0 Å². The van der Waals surface area contributed by atoms with E-state index in [2.05, 4.69) is 53.4 Å². The van der Waals surface area contributed by atoms with Gasteiger partial charge in [0.1, 0.15) is 0 Å². The zero-order chi connectivity index (χ0) is 17.6. The van der Waals surface area contributed by atoms with E-state index in [0.29, 0.717) is 13.0 Å². The van der Waals surface area contributed by atoms with Gasteiger partial charge in [0.2, 0.25) is 5.91 Å². The number of amides is 1. The average molecular weight is 337 g/mol.